The van der Waals surface area contributed by atoms with Crippen molar-refractivity contribution < 1.29 is 14.3 Å². The molecule has 2 aromatic carbocycles. The lowest BCUT2D eigenvalue weighted by Crippen LogP contribution is -2.54. The summed E-state index contributed by atoms with van der Waals surface area (Å²) in [5.41, 5.74) is 3.09. The molecular formula is C26H35N3O3. The predicted octanol–water partition coefficient (Wildman–Crippen LogP) is 3.55. The highest BCUT2D eigenvalue weighted by Crippen LogP contribution is 2.24. The zero-order chi connectivity index (χ0) is 23.0. The van der Waals surface area contributed by atoms with Crippen molar-refractivity contribution in [3.63, 3.8) is 0 Å². The fraction of sp³-hybridized carbons (Fsp3) is 0.462. The molecule has 172 valence electrons. The van der Waals surface area contributed by atoms with Crippen LogP contribution in [-0.4, -0.2) is 48.5 Å². The van der Waals surface area contributed by atoms with E-state index in [4.69, 9.17) is 4.74 Å². The monoisotopic (exact) mass is 437 g/mol. The third kappa shape index (κ3) is 6.57. The number of hydrogen-bond donors (Lipinski definition) is 2. The molecule has 3 rings (SSSR count). The third-order valence-electron chi connectivity index (χ3n) is 6.00. The largest absolute Gasteiger partial charge is 0.494 e. The van der Waals surface area contributed by atoms with Crippen molar-refractivity contribution in [2.75, 3.05) is 26.2 Å². The van der Waals surface area contributed by atoms with Gasteiger partial charge in [0.25, 0.3) is 5.91 Å². The summed E-state index contributed by atoms with van der Waals surface area (Å²) in [5, 5.41) is 5.67. The van der Waals surface area contributed by atoms with Gasteiger partial charge in [-0.1, -0.05) is 37.6 Å². The Morgan fingerprint density at radius 3 is 2.47 bits per heavy atom. The molecular weight excluding hydrogens is 402 g/mol. The summed E-state index contributed by atoms with van der Waals surface area (Å²) in [5.74, 6) is 0.283. The minimum atomic E-state index is -0.271. The van der Waals surface area contributed by atoms with Gasteiger partial charge in [0.05, 0.1) is 13.2 Å². The summed E-state index contributed by atoms with van der Waals surface area (Å²) in [7, 11) is 0. The van der Waals surface area contributed by atoms with Crippen molar-refractivity contribution >= 4 is 11.8 Å². The summed E-state index contributed by atoms with van der Waals surface area (Å²) in [4.78, 5) is 27.1. The second-order valence-electron chi connectivity index (χ2n) is 8.94. The molecule has 0 saturated carbocycles. The average molecular weight is 438 g/mol. The number of hydrogen-bond acceptors (Lipinski definition) is 4. The van der Waals surface area contributed by atoms with Crippen molar-refractivity contribution in [3.8, 4) is 5.75 Å². The molecule has 1 aliphatic rings. The van der Waals surface area contributed by atoms with Gasteiger partial charge in [0, 0.05) is 30.7 Å². The molecule has 0 unspecified atom stereocenters. The van der Waals surface area contributed by atoms with E-state index in [1.807, 2.05) is 0 Å². The van der Waals surface area contributed by atoms with E-state index in [0.717, 1.165) is 38.1 Å². The summed E-state index contributed by atoms with van der Waals surface area (Å²) in [6.07, 6.45) is 3.09. The van der Waals surface area contributed by atoms with Gasteiger partial charge in [-0.3, -0.25) is 14.5 Å². The SMILES string of the molecule is CCCCOc1ccc(C(=O)NCC(=O)NCC(C)(C)N2CCc3ccccc3C2)cc1. The first kappa shape index (κ1) is 23.8. The number of nitrogens with one attached hydrogen (secondary N) is 2. The van der Waals surface area contributed by atoms with Crippen molar-refractivity contribution in [2.24, 2.45) is 0 Å². The number of rotatable bonds is 10. The Bertz CT molecular complexity index is 909. The first-order valence-corrected chi connectivity index (χ1v) is 11.5. The molecule has 0 aromatic heterocycles. The highest BCUT2D eigenvalue weighted by atomic mass is 16.5. The number of fused-ring (bicyclic) bond motifs is 1. The van der Waals surface area contributed by atoms with E-state index in [0.29, 0.717) is 18.7 Å². The van der Waals surface area contributed by atoms with Crippen LogP contribution in [0, 0.1) is 0 Å². The van der Waals surface area contributed by atoms with Gasteiger partial charge in [0.15, 0.2) is 0 Å². The lowest BCUT2D eigenvalue weighted by molar-refractivity contribution is -0.120. The molecule has 0 radical (unpaired) electrons. The molecule has 0 fully saturated rings. The van der Waals surface area contributed by atoms with Crippen LogP contribution in [-0.2, 0) is 17.8 Å². The van der Waals surface area contributed by atoms with Gasteiger partial charge in [0.1, 0.15) is 5.75 Å². The number of nitrogens with zero attached hydrogens (tertiary/aromatic N) is 1. The first-order chi connectivity index (χ1) is 15.4. The van der Waals surface area contributed by atoms with E-state index in [1.54, 1.807) is 24.3 Å². The van der Waals surface area contributed by atoms with Gasteiger partial charge >= 0.3 is 0 Å². The van der Waals surface area contributed by atoms with E-state index in [2.05, 4.69) is 60.6 Å². The average Bonchev–Trinajstić information content (AvgIpc) is 2.81. The Morgan fingerprint density at radius 1 is 1.03 bits per heavy atom. The third-order valence-corrected chi connectivity index (χ3v) is 6.00. The number of carbonyl (C=O) groups excluding carboxylic acids is 2. The lowest BCUT2D eigenvalue weighted by atomic mass is 9.94. The van der Waals surface area contributed by atoms with Crippen LogP contribution in [0.4, 0.5) is 0 Å². The van der Waals surface area contributed by atoms with Gasteiger partial charge in [-0.05, 0) is 62.1 Å². The summed E-state index contributed by atoms with van der Waals surface area (Å²) in [6.45, 7) is 9.39. The molecule has 2 N–H and O–H groups in total. The Morgan fingerprint density at radius 2 is 1.75 bits per heavy atom. The smallest absolute Gasteiger partial charge is 0.251 e. The van der Waals surface area contributed by atoms with Crippen LogP contribution in [0.15, 0.2) is 48.5 Å². The minimum absolute atomic E-state index is 0.0491. The predicted molar refractivity (Wildman–Crippen MR) is 127 cm³/mol. The maximum Gasteiger partial charge on any atom is 0.251 e. The highest BCUT2D eigenvalue weighted by molar-refractivity contribution is 5.96. The van der Waals surface area contributed by atoms with Crippen LogP contribution in [0.1, 0.15) is 55.1 Å². The van der Waals surface area contributed by atoms with E-state index in [-0.39, 0.29) is 23.9 Å². The molecule has 0 bridgehead atoms. The molecule has 0 saturated heterocycles. The van der Waals surface area contributed by atoms with Crippen LogP contribution in [0.2, 0.25) is 0 Å². The molecule has 1 heterocycles. The molecule has 32 heavy (non-hydrogen) atoms. The van der Waals surface area contributed by atoms with Gasteiger partial charge in [-0.25, -0.2) is 0 Å². The minimum Gasteiger partial charge on any atom is -0.494 e. The van der Waals surface area contributed by atoms with Gasteiger partial charge in [-0.2, -0.15) is 0 Å². The number of amides is 2. The Kier molecular flexibility index (Phi) is 8.28. The molecule has 6 heteroatoms. The maximum absolute atomic E-state index is 12.3. The number of ether oxygens (including phenoxy) is 1. The first-order valence-electron chi connectivity index (χ1n) is 11.5. The molecule has 0 aliphatic carbocycles. The quantitative estimate of drug-likeness (QED) is 0.558. The van der Waals surface area contributed by atoms with Crippen molar-refractivity contribution in [3.05, 3.63) is 65.2 Å². The maximum atomic E-state index is 12.3. The lowest BCUT2D eigenvalue weighted by Gasteiger charge is -2.41. The zero-order valence-electron chi connectivity index (χ0n) is 19.4. The van der Waals surface area contributed by atoms with Crippen LogP contribution in [0.25, 0.3) is 0 Å². The molecule has 6 nitrogen and oxygen atoms in total. The summed E-state index contributed by atoms with van der Waals surface area (Å²) in [6, 6.07) is 15.5. The topological polar surface area (TPSA) is 70.7 Å². The Labute approximate surface area is 191 Å². The van der Waals surface area contributed by atoms with E-state index in [1.165, 1.54) is 11.1 Å². The Hall–Kier alpha value is -2.86. The molecule has 0 spiro atoms. The summed E-state index contributed by atoms with van der Waals surface area (Å²) < 4.78 is 5.61. The Balaban J connectivity index is 1.42. The van der Waals surface area contributed by atoms with Crippen molar-refractivity contribution in [1.29, 1.82) is 0 Å². The van der Waals surface area contributed by atoms with Crippen molar-refractivity contribution in [2.45, 2.75) is 52.1 Å². The second kappa shape index (κ2) is 11.1. The highest BCUT2D eigenvalue weighted by Gasteiger charge is 2.30. The van der Waals surface area contributed by atoms with Gasteiger partial charge in [0.2, 0.25) is 5.91 Å². The molecule has 1 aliphatic heterocycles. The molecule has 2 aromatic rings. The molecule has 0 atom stereocenters. The summed E-state index contributed by atoms with van der Waals surface area (Å²) >= 11 is 0. The van der Waals surface area contributed by atoms with Gasteiger partial charge < -0.3 is 15.4 Å². The van der Waals surface area contributed by atoms with E-state index >= 15 is 0 Å². The van der Waals surface area contributed by atoms with E-state index in [9.17, 15) is 9.59 Å². The number of carbonyl (C=O) groups is 2. The van der Waals surface area contributed by atoms with Crippen molar-refractivity contribution in [1.82, 2.24) is 15.5 Å². The second-order valence-corrected chi connectivity index (χ2v) is 8.94. The normalized spacial score (nSPS) is 13.8. The standard InChI is InChI=1S/C26H35N3O3/c1-4-5-16-32-23-12-10-21(11-13-23)25(31)27-17-24(30)28-19-26(2,3)29-15-14-20-8-6-7-9-22(20)18-29/h6-13H,4-5,14-19H2,1-3H3,(H,27,31)(H,28,30). The number of unbranched alkanes of at least 4 members (excludes halogenated alkanes) is 1. The van der Waals surface area contributed by atoms with Crippen LogP contribution < -0.4 is 15.4 Å². The van der Waals surface area contributed by atoms with Crippen LogP contribution in [0.5, 0.6) is 5.75 Å². The van der Waals surface area contributed by atoms with Gasteiger partial charge in [-0.15, -0.1) is 0 Å². The van der Waals surface area contributed by atoms with Crippen LogP contribution >= 0.6 is 0 Å². The number of benzene rings is 2. The fourth-order valence-corrected chi connectivity index (χ4v) is 3.80. The molecule has 2 amide bonds. The zero-order valence-corrected chi connectivity index (χ0v) is 19.4. The van der Waals surface area contributed by atoms with E-state index < -0.39 is 0 Å². The van der Waals surface area contributed by atoms with Crippen LogP contribution in [0.3, 0.4) is 0 Å². The fourth-order valence-electron chi connectivity index (χ4n) is 3.80.